The lowest BCUT2D eigenvalue weighted by Gasteiger charge is -2.30. The smallest absolute Gasteiger partial charge is 0.335 e. The molecule has 3 N–H and O–H groups in total. The first-order valence-corrected chi connectivity index (χ1v) is 16.0. The minimum Gasteiger partial charge on any atom is -0.493 e. The normalized spacial score (nSPS) is 14.2. The molecular weight excluding hydrogens is 556 g/mol. The van der Waals surface area contributed by atoms with E-state index >= 15 is 0 Å². The fourth-order valence-corrected chi connectivity index (χ4v) is 5.08. The Balaban J connectivity index is 0.000000816. The molecule has 0 amide bonds. The van der Waals surface area contributed by atoms with Crippen LogP contribution in [0.5, 0.6) is 11.5 Å². The number of hydrogen-bond acceptors (Lipinski definition) is 9. The Bertz CT molecular complexity index is 1310. The molecule has 0 spiro atoms. The molecule has 1 aliphatic carbocycles. The third-order valence-electron chi connectivity index (χ3n) is 7.71. The van der Waals surface area contributed by atoms with E-state index in [9.17, 15) is 4.79 Å². The predicted octanol–water partition coefficient (Wildman–Crippen LogP) is 7.34. The molecule has 0 radical (unpaired) electrons. The van der Waals surface area contributed by atoms with Crippen molar-refractivity contribution in [2.24, 2.45) is 0 Å². The first-order valence-electron chi connectivity index (χ1n) is 16.0. The van der Waals surface area contributed by atoms with Gasteiger partial charge in [0.25, 0.3) is 0 Å². The molecule has 10 nitrogen and oxygen atoms in total. The van der Waals surface area contributed by atoms with Crippen LogP contribution in [-0.2, 0) is 19.5 Å². The van der Waals surface area contributed by atoms with E-state index in [1.165, 1.54) is 37.7 Å². The zero-order valence-electron chi connectivity index (χ0n) is 27.3. The molecule has 2 heterocycles. The largest absolute Gasteiger partial charge is 0.493 e. The molecule has 2 aromatic carbocycles. The number of nitrogens with zero attached hydrogens (tertiary/aromatic N) is 4. The van der Waals surface area contributed by atoms with Crippen LogP contribution in [0.15, 0.2) is 36.4 Å². The number of benzene rings is 2. The van der Waals surface area contributed by atoms with Gasteiger partial charge in [-0.2, -0.15) is 15.0 Å². The van der Waals surface area contributed by atoms with E-state index in [0.29, 0.717) is 42.7 Å². The van der Waals surface area contributed by atoms with Crippen LogP contribution in [0.4, 0.5) is 17.8 Å². The molecular formula is C34H50N6O4. The van der Waals surface area contributed by atoms with E-state index in [1.807, 2.05) is 19.9 Å². The summed E-state index contributed by atoms with van der Waals surface area (Å²) in [6, 6.07) is 11.2. The van der Waals surface area contributed by atoms with Crippen molar-refractivity contribution < 1.29 is 19.4 Å². The number of aromatic carboxylic acids is 1. The van der Waals surface area contributed by atoms with Gasteiger partial charge in [0, 0.05) is 25.7 Å². The molecule has 240 valence electrons. The lowest BCUT2D eigenvalue weighted by Crippen LogP contribution is -2.33. The van der Waals surface area contributed by atoms with Gasteiger partial charge in [-0.3, -0.25) is 0 Å². The molecule has 2 aliphatic rings. The van der Waals surface area contributed by atoms with E-state index in [4.69, 9.17) is 24.5 Å². The second kappa shape index (κ2) is 17.9. The average Bonchev–Trinajstić information content (AvgIpc) is 3.08. The van der Waals surface area contributed by atoms with E-state index in [-0.39, 0.29) is 5.56 Å². The number of aromatic nitrogens is 3. The zero-order valence-corrected chi connectivity index (χ0v) is 27.3. The number of hydrogen-bond donors (Lipinski definition) is 3. The number of rotatable bonds is 10. The fourth-order valence-electron chi connectivity index (χ4n) is 5.08. The maximum absolute atomic E-state index is 11.2. The topological polar surface area (TPSA) is 122 Å². The molecule has 3 aromatic rings. The third kappa shape index (κ3) is 9.72. The Kier molecular flexibility index (Phi) is 14.0. The quantitative estimate of drug-likeness (QED) is 0.216. The molecule has 0 saturated heterocycles. The summed E-state index contributed by atoms with van der Waals surface area (Å²) in [6.07, 6.45) is 9.39. The van der Waals surface area contributed by atoms with Crippen LogP contribution in [0.3, 0.4) is 0 Å². The average molecular weight is 607 g/mol. The number of carboxylic acids is 1. The molecule has 0 bridgehead atoms. The second-order valence-electron chi connectivity index (χ2n) is 10.8. The Morgan fingerprint density at radius 1 is 0.909 bits per heavy atom. The molecule has 0 atom stereocenters. The van der Waals surface area contributed by atoms with Crippen LogP contribution in [0.2, 0.25) is 0 Å². The summed E-state index contributed by atoms with van der Waals surface area (Å²) in [5, 5.41) is 16.0. The first kappa shape index (κ1) is 34.4. The standard InChI is InChI=1S/C28H34N6O4.C4H10.C2H6/c1-37-23-14-20-12-13-34(17-21(20)15-24(23)38-2)28-32-26(29-16-18-8-10-19(11-9-18)25(35)36)31-27(33-28)30-22-6-4-3-5-7-22;1-3-4-2;1-2/h8-11,14-15,22H,3-7,12-13,16-17H2,1-2H3,(H,35,36)(H2,29,30,31,32,33);3-4H2,1-2H3;1-2H3. The summed E-state index contributed by atoms with van der Waals surface area (Å²) in [4.78, 5) is 27.6. The number of fused-ring (bicyclic) bond motifs is 1. The first-order chi connectivity index (χ1) is 21.4. The maximum atomic E-state index is 11.2. The van der Waals surface area contributed by atoms with E-state index in [2.05, 4.69) is 40.4 Å². The van der Waals surface area contributed by atoms with Crippen LogP contribution in [0, 0.1) is 0 Å². The molecule has 5 rings (SSSR count). The van der Waals surface area contributed by atoms with Gasteiger partial charge in [0.1, 0.15) is 0 Å². The van der Waals surface area contributed by atoms with Crippen LogP contribution in [0.25, 0.3) is 0 Å². The van der Waals surface area contributed by atoms with Crippen LogP contribution in [0.1, 0.15) is 99.7 Å². The number of unbranched alkanes of at least 4 members (excludes halogenated alkanes) is 1. The number of carbonyl (C=O) groups is 1. The summed E-state index contributed by atoms with van der Waals surface area (Å²) in [6.45, 7) is 10.2. The van der Waals surface area contributed by atoms with Crippen molar-refractivity contribution in [1.29, 1.82) is 0 Å². The Morgan fingerprint density at radius 2 is 1.52 bits per heavy atom. The highest BCUT2D eigenvalue weighted by Gasteiger charge is 2.23. The van der Waals surface area contributed by atoms with Gasteiger partial charge >= 0.3 is 5.97 Å². The SMILES string of the molecule is CC.CCCC.COc1cc2c(cc1OC)CN(c1nc(NCc3ccc(C(=O)O)cc3)nc(NC3CCCCC3)n1)CC2. The Morgan fingerprint density at radius 3 is 2.11 bits per heavy atom. The van der Waals surface area contributed by atoms with Crippen molar-refractivity contribution in [3.05, 3.63) is 58.7 Å². The Hall–Kier alpha value is -4.08. The molecule has 1 aliphatic heterocycles. The van der Waals surface area contributed by atoms with Gasteiger partial charge in [-0.15, -0.1) is 0 Å². The van der Waals surface area contributed by atoms with Gasteiger partial charge in [-0.05, 0) is 60.2 Å². The summed E-state index contributed by atoms with van der Waals surface area (Å²) >= 11 is 0. The number of carboxylic acid groups (broad SMARTS) is 1. The highest BCUT2D eigenvalue weighted by Crippen LogP contribution is 2.34. The number of methoxy groups -OCH3 is 2. The predicted molar refractivity (Wildman–Crippen MR) is 177 cm³/mol. The molecule has 0 unspecified atom stereocenters. The zero-order chi connectivity index (χ0) is 31.9. The highest BCUT2D eigenvalue weighted by atomic mass is 16.5. The van der Waals surface area contributed by atoms with Crippen molar-refractivity contribution >= 4 is 23.8 Å². The summed E-state index contributed by atoms with van der Waals surface area (Å²) in [5.74, 6) is 2.17. The lowest BCUT2D eigenvalue weighted by atomic mass is 9.96. The lowest BCUT2D eigenvalue weighted by molar-refractivity contribution is 0.0697. The number of ether oxygens (including phenoxy) is 2. The summed E-state index contributed by atoms with van der Waals surface area (Å²) in [7, 11) is 3.30. The van der Waals surface area contributed by atoms with Gasteiger partial charge in [0.15, 0.2) is 11.5 Å². The third-order valence-corrected chi connectivity index (χ3v) is 7.71. The molecule has 44 heavy (non-hydrogen) atoms. The highest BCUT2D eigenvalue weighted by molar-refractivity contribution is 5.87. The van der Waals surface area contributed by atoms with Gasteiger partial charge < -0.3 is 30.1 Å². The van der Waals surface area contributed by atoms with Gasteiger partial charge in [0.05, 0.1) is 19.8 Å². The van der Waals surface area contributed by atoms with E-state index in [1.54, 1.807) is 38.5 Å². The van der Waals surface area contributed by atoms with Gasteiger partial charge in [-0.25, -0.2) is 4.79 Å². The maximum Gasteiger partial charge on any atom is 0.335 e. The fraction of sp³-hybridized carbons (Fsp3) is 0.529. The second-order valence-corrected chi connectivity index (χ2v) is 10.8. The van der Waals surface area contributed by atoms with Gasteiger partial charge in [-0.1, -0.05) is 71.9 Å². The van der Waals surface area contributed by atoms with Crippen LogP contribution >= 0.6 is 0 Å². The minimum absolute atomic E-state index is 0.259. The van der Waals surface area contributed by atoms with Crippen molar-refractivity contribution in [1.82, 2.24) is 15.0 Å². The Labute approximate surface area is 262 Å². The van der Waals surface area contributed by atoms with Crippen molar-refractivity contribution in [2.45, 2.75) is 98.2 Å². The van der Waals surface area contributed by atoms with Crippen molar-refractivity contribution in [3.8, 4) is 11.5 Å². The van der Waals surface area contributed by atoms with Crippen LogP contribution < -0.4 is 25.0 Å². The number of anilines is 3. The summed E-state index contributed by atoms with van der Waals surface area (Å²) in [5.41, 5.74) is 3.59. The number of nitrogens with one attached hydrogen (secondary N) is 2. The van der Waals surface area contributed by atoms with E-state index < -0.39 is 5.97 Å². The van der Waals surface area contributed by atoms with Gasteiger partial charge in [0.2, 0.25) is 17.8 Å². The molecule has 1 fully saturated rings. The minimum atomic E-state index is -0.941. The van der Waals surface area contributed by atoms with E-state index in [0.717, 1.165) is 42.7 Å². The van der Waals surface area contributed by atoms with Crippen molar-refractivity contribution in [3.63, 3.8) is 0 Å². The van der Waals surface area contributed by atoms with Crippen molar-refractivity contribution in [2.75, 3.05) is 36.3 Å². The molecule has 1 aromatic heterocycles. The molecule has 10 heteroatoms. The van der Waals surface area contributed by atoms with Crippen LogP contribution in [-0.4, -0.2) is 52.8 Å². The molecule has 1 saturated carbocycles. The summed E-state index contributed by atoms with van der Waals surface area (Å²) < 4.78 is 11.0. The monoisotopic (exact) mass is 606 g/mol.